The number of benzene rings is 2. The van der Waals surface area contributed by atoms with Crippen LogP contribution in [0.3, 0.4) is 0 Å². The van der Waals surface area contributed by atoms with Crippen LogP contribution in [0.25, 0.3) is 0 Å². The van der Waals surface area contributed by atoms with Gasteiger partial charge in [-0.3, -0.25) is 4.79 Å². The highest BCUT2D eigenvalue weighted by molar-refractivity contribution is 5.77. The SMILES string of the molecule is CC1(C)CCC(C)(C)c2c(OCc3ccc(F)cc3)cc(C=O)cc21. The lowest BCUT2D eigenvalue weighted by Gasteiger charge is -2.42. The molecule has 2 aromatic rings. The summed E-state index contributed by atoms with van der Waals surface area (Å²) in [5.41, 5.74) is 3.93. The Labute approximate surface area is 149 Å². The fourth-order valence-corrected chi connectivity index (χ4v) is 3.68. The maximum absolute atomic E-state index is 13.1. The Bertz CT molecular complexity index is 788. The molecule has 0 unspecified atom stereocenters. The van der Waals surface area contributed by atoms with Gasteiger partial charge in [-0.2, -0.15) is 0 Å². The van der Waals surface area contributed by atoms with E-state index >= 15 is 0 Å². The Morgan fingerprint density at radius 2 is 1.68 bits per heavy atom. The third kappa shape index (κ3) is 3.46. The zero-order valence-corrected chi connectivity index (χ0v) is 15.4. The van der Waals surface area contributed by atoms with Crippen LogP contribution in [0, 0.1) is 5.82 Å². The number of ether oxygens (including phenoxy) is 1. The van der Waals surface area contributed by atoms with Gasteiger partial charge in [0.05, 0.1) is 0 Å². The first kappa shape index (κ1) is 17.7. The maximum Gasteiger partial charge on any atom is 0.150 e. The predicted octanol–water partition coefficient (Wildman–Crippen LogP) is 5.57. The third-order valence-electron chi connectivity index (χ3n) is 5.35. The number of carbonyl (C=O) groups excluding carboxylic acids is 1. The van der Waals surface area contributed by atoms with E-state index in [0.717, 1.165) is 30.4 Å². The van der Waals surface area contributed by atoms with Crippen molar-refractivity contribution in [1.82, 2.24) is 0 Å². The fraction of sp³-hybridized carbons (Fsp3) is 0.409. The predicted molar refractivity (Wildman–Crippen MR) is 97.8 cm³/mol. The molecule has 0 saturated heterocycles. The van der Waals surface area contributed by atoms with Crippen LogP contribution < -0.4 is 4.74 Å². The zero-order valence-electron chi connectivity index (χ0n) is 15.4. The molecule has 0 amide bonds. The second-order valence-electron chi connectivity index (χ2n) is 8.24. The standard InChI is InChI=1S/C22H25FO2/c1-21(2)9-10-22(3,4)20-18(21)11-16(13-24)12-19(20)25-14-15-5-7-17(23)8-6-15/h5-8,11-13H,9-10,14H2,1-4H3. The van der Waals surface area contributed by atoms with E-state index in [1.165, 1.54) is 23.3 Å². The van der Waals surface area contributed by atoms with Crippen molar-refractivity contribution in [1.29, 1.82) is 0 Å². The lowest BCUT2D eigenvalue weighted by atomic mass is 9.62. The third-order valence-corrected chi connectivity index (χ3v) is 5.35. The number of rotatable bonds is 4. The summed E-state index contributed by atoms with van der Waals surface area (Å²) in [5, 5.41) is 0. The Hall–Kier alpha value is -2.16. The highest BCUT2D eigenvalue weighted by atomic mass is 19.1. The van der Waals surface area contributed by atoms with Crippen molar-refractivity contribution in [3.63, 3.8) is 0 Å². The van der Waals surface area contributed by atoms with E-state index in [2.05, 4.69) is 27.7 Å². The van der Waals surface area contributed by atoms with Gasteiger partial charge in [-0.15, -0.1) is 0 Å². The average molecular weight is 340 g/mol. The van der Waals surface area contributed by atoms with Crippen LogP contribution in [0.15, 0.2) is 36.4 Å². The molecule has 2 nitrogen and oxygen atoms in total. The molecule has 0 atom stereocenters. The highest BCUT2D eigenvalue weighted by Crippen LogP contribution is 2.49. The molecule has 1 aliphatic carbocycles. The quantitative estimate of drug-likeness (QED) is 0.681. The van der Waals surface area contributed by atoms with E-state index in [0.29, 0.717) is 12.2 Å². The summed E-state index contributed by atoms with van der Waals surface area (Å²) in [4.78, 5) is 11.4. The van der Waals surface area contributed by atoms with Crippen molar-refractivity contribution in [3.8, 4) is 5.75 Å². The maximum atomic E-state index is 13.1. The molecule has 0 aliphatic heterocycles. The molecule has 25 heavy (non-hydrogen) atoms. The van der Waals surface area contributed by atoms with Crippen molar-refractivity contribution < 1.29 is 13.9 Å². The Kier molecular flexibility index (Phi) is 4.44. The monoisotopic (exact) mass is 340 g/mol. The first-order valence-corrected chi connectivity index (χ1v) is 8.74. The minimum absolute atomic E-state index is 0.00953. The summed E-state index contributed by atoms with van der Waals surface area (Å²) in [6.45, 7) is 9.25. The number of aldehydes is 1. The molecule has 0 radical (unpaired) electrons. The highest BCUT2D eigenvalue weighted by Gasteiger charge is 2.39. The molecule has 2 aromatic carbocycles. The molecule has 132 valence electrons. The normalized spacial score (nSPS) is 17.6. The summed E-state index contributed by atoms with van der Waals surface area (Å²) < 4.78 is 19.2. The molecule has 3 heteroatoms. The molecular weight excluding hydrogens is 315 g/mol. The van der Waals surface area contributed by atoms with Crippen LogP contribution in [0.2, 0.25) is 0 Å². The molecule has 0 saturated carbocycles. The van der Waals surface area contributed by atoms with E-state index in [1.54, 1.807) is 12.1 Å². The fourth-order valence-electron chi connectivity index (χ4n) is 3.68. The summed E-state index contributed by atoms with van der Waals surface area (Å²) >= 11 is 0. The number of hydrogen-bond acceptors (Lipinski definition) is 2. The first-order valence-electron chi connectivity index (χ1n) is 8.74. The van der Waals surface area contributed by atoms with E-state index in [1.807, 2.05) is 12.1 Å². The van der Waals surface area contributed by atoms with E-state index in [9.17, 15) is 9.18 Å². The van der Waals surface area contributed by atoms with Gasteiger partial charge in [-0.25, -0.2) is 4.39 Å². The Morgan fingerprint density at radius 1 is 1.04 bits per heavy atom. The van der Waals surface area contributed by atoms with Crippen LogP contribution in [-0.4, -0.2) is 6.29 Å². The molecule has 1 aliphatic rings. The van der Waals surface area contributed by atoms with E-state index in [4.69, 9.17) is 4.74 Å². The van der Waals surface area contributed by atoms with Gasteiger partial charge in [-0.1, -0.05) is 39.8 Å². The largest absolute Gasteiger partial charge is 0.489 e. The van der Waals surface area contributed by atoms with Crippen LogP contribution in [-0.2, 0) is 17.4 Å². The summed E-state index contributed by atoms with van der Waals surface area (Å²) in [5.74, 6) is 0.508. The minimum Gasteiger partial charge on any atom is -0.489 e. The molecule has 0 fully saturated rings. The van der Waals surface area contributed by atoms with Crippen molar-refractivity contribution in [2.24, 2.45) is 0 Å². The van der Waals surface area contributed by atoms with Gasteiger partial charge in [0.15, 0.2) is 0 Å². The molecule has 0 heterocycles. The number of carbonyl (C=O) groups is 1. The molecule has 3 rings (SSSR count). The van der Waals surface area contributed by atoms with Gasteiger partial charge in [0.25, 0.3) is 0 Å². The average Bonchev–Trinajstić information content (AvgIpc) is 2.58. The van der Waals surface area contributed by atoms with Gasteiger partial charge < -0.3 is 4.74 Å². The van der Waals surface area contributed by atoms with E-state index < -0.39 is 0 Å². The molecular formula is C22H25FO2. The number of halogens is 1. The van der Waals surface area contributed by atoms with Gasteiger partial charge >= 0.3 is 0 Å². The van der Waals surface area contributed by atoms with Crippen molar-refractivity contribution in [2.45, 2.75) is 58.0 Å². The van der Waals surface area contributed by atoms with Gasteiger partial charge in [0.1, 0.15) is 24.5 Å². The van der Waals surface area contributed by atoms with Crippen molar-refractivity contribution in [2.75, 3.05) is 0 Å². The summed E-state index contributed by atoms with van der Waals surface area (Å²) in [6, 6.07) is 10.2. The molecule has 0 aromatic heterocycles. The topological polar surface area (TPSA) is 26.3 Å². The van der Waals surface area contributed by atoms with Crippen LogP contribution in [0.1, 0.15) is 67.6 Å². The Morgan fingerprint density at radius 3 is 2.32 bits per heavy atom. The van der Waals surface area contributed by atoms with Crippen LogP contribution in [0.5, 0.6) is 5.75 Å². The van der Waals surface area contributed by atoms with Crippen LogP contribution >= 0.6 is 0 Å². The Balaban J connectivity index is 2.03. The lowest BCUT2D eigenvalue weighted by Crippen LogP contribution is -2.34. The lowest BCUT2D eigenvalue weighted by molar-refractivity contribution is 0.112. The number of fused-ring (bicyclic) bond motifs is 1. The molecule has 0 N–H and O–H groups in total. The smallest absolute Gasteiger partial charge is 0.150 e. The van der Waals surface area contributed by atoms with Crippen molar-refractivity contribution >= 4 is 6.29 Å². The number of hydrogen-bond donors (Lipinski definition) is 0. The summed E-state index contributed by atoms with van der Waals surface area (Å²) in [7, 11) is 0. The molecule has 0 bridgehead atoms. The minimum atomic E-state index is -0.257. The van der Waals surface area contributed by atoms with Gasteiger partial charge in [0, 0.05) is 11.1 Å². The summed E-state index contributed by atoms with van der Waals surface area (Å²) in [6.07, 6.45) is 3.02. The second-order valence-corrected chi connectivity index (χ2v) is 8.24. The van der Waals surface area contributed by atoms with Gasteiger partial charge in [-0.05, 0) is 59.1 Å². The van der Waals surface area contributed by atoms with Gasteiger partial charge in [0.2, 0.25) is 0 Å². The first-order chi connectivity index (χ1) is 11.7. The molecule has 0 spiro atoms. The second kappa shape index (κ2) is 6.29. The van der Waals surface area contributed by atoms with Crippen LogP contribution in [0.4, 0.5) is 4.39 Å². The zero-order chi connectivity index (χ0) is 18.2. The van der Waals surface area contributed by atoms with E-state index in [-0.39, 0.29) is 16.6 Å². The van der Waals surface area contributed by atoms with Crippen molar-refractivity contribution in [3.05, 3.63) is 64.5 Å².